The van der Waals surface area contributed by atoms with Crippen molar-refractivity contribution in [3.8, 4) is 11.3 Å². The SMILES string of the molecule is Cc1ccc(C(=O)NC(=S)Nc2ccc(Cl)c(-c3ccc(CO)o3)c2)cc1Cl. The number of hydrogen-bond donors (Lipinski definition) is 3. The monoisotopic (exact) mass is 434 g/mol. The number of benzene rings is 2. The van der Waals surface area contributed by atoms with Gasteiger partial charge in [-0.2, -0.15) is 0 Å². The first-order valence-electron chi connectivity index (χ1n) is 8.25. The van der Waals surface area contributed by atoms with E-state index in [1.54, 1.807) is 48.5 Å². The number of halogens is 2. The number of amides is 1. The second kappa shape index (κ2) is 8.75. The summed E-state index contributed by atoms with van der Waals surface area (Å²) >= 11 is 17.5. The Bertz CT molecular complexity index is 1050. The fraction of sp³-hybridized carbons (Fsp3) is 0.100. The summed E-state index contributed by atoms with van der Waals surface area (Å²) in [6.45, 7) is 1.66. The smallest absolute Gasteiger partial charge is 0.257 e. The molecule has 0 saturated heterocycles. The van der Waals surface area contributed by atoms with Gasteiger partial charge in [0.2, 0.25) is 0 Å². The molecule has 144 valence electrons. The van der Waals surface area contributed by atoms with Crippen LogP contribution in [0.2, 0.25) is 10.0 Å². The summed E-state index contributed by atoms with van der Waals surface area (Å²) in [6, 6.07) is 13.6. The number of carbonyl (C=O) groups excluding carboxylic acids is 1. The first-order valence-corrected chi connectivity index (χ1v) is 9.42. The lowest BCUT2D eigenvalue weighted by molar-refractivity contribution is 0.0977. The summed E-state index contributed by atoms with van der Waals surface area (Å²) in [5, 5.41) is 15.8. The van der Waals surface area contributed by atoms with Gasteiger partial charge in [-0.05, 0) is 67.2 Å². The van der Waals surface area contributed by atoms with E-state index in [0.29, 0.717) is 38.4 Å². The van der Waals surface area contributed by atoms with E-state index in [1.165, 1.54) is 0 Å². The Kier molecular flexibility index (Phi) is 6.36. The lowest BCUT2D eigenvalue weighted by Crippen LogP contribution is -2.34. The normalized spacial score (nSPS) is 10.6. The number of anilines is 1. The molecule has 1 aromatic heterocycles. The third kappa shape index (κ3) is 4.72. The summed E-state index contributed by atoms with van der Waals surface area (Å²) in [4.78, 5) is 12.3. The number of thiocarbonyl (C=S) groups is 1. The predicted octanol–water partition coefficient (Wildman–Crippen LogP) is 5.18. The highest BCUT2D eigenvalue weighted by Crippen LogP contribution is 2.32. The Labute approximate surface area is 177 Å². The molecule has 0 aliphatic rings. The number of aliphatic hydroxyl groups is 1. The summed E-state index contributed by atoms with van der Waals surface area (Å²) in [7, 11) is 0. The van der Waals surface area contributed by atoms with Crippen LogP contribution in [0.5, 0.6) is 0 Å². The highest BCUT2D eigenvalue weighted by atomic mass is 35.5. The minimum Gasteiger partial charge on any atom is -0.459 e. The van der Waals surface area contributed by atoms with Crippen LogP contribution in [0, 0.1) is 6.92 Å². The molecule has 8 heteroatoms. The molecular formula is C20H16Cl2N2O3S. The molecule has 0 atom stereocenters. The molecule has 3 aromatic rings. The molecule has 1 amide bonds. The molecule has 0 aliphatic carbocycles. The van der Waals surface area contributed by atoms with Crippen molar-refractivity contribution in [3.63, 3.8) is 0 Å². The van der Waals surface area contributed by atoms with Gasteiger partial charge in [-0.3, -0.25) is 10.1 Å². The number of nitrogens with one attached hydrogen (secondary N) is 2. The standard InChI is InChI=1S/C20H16Cl2N2O3S/c1-11-2-3-12(8-17(11)22)19(26)24-20(28)23-13-4-6-16(21)15(9-13)18-7-5-14(10-25)27-18/h2-9,25H,10H2,1H3,(H2,23,24,26,28). The van der Waals surface area contributed by atoms with E-state index in [2.05, 4.69) is 10.6 Å². The van der Waals surface area contributed by atoms with E-state index in [1.807, 2.05) is 6.92 Å². The first-order chi connectivity index (χ1) is 13.4. The van der Waals surface area contributed by atoms with Gasteiger partial charge < -0.3 is 14.8 Å². The fourth-order valence-electron chi connectivity index (χ4n) is 2.47. The molecule has 2 aromatic carbocycles. The van der Waals surface area contributed by atoms with Crippen molar-refractivity contribution < 1.29 is 14.3 Å². The second-order valence-corrected chi connectivity index (χ2v) is 7.21. The van der Waals surface area contributed by atoms with Gasteiger partial charge in [0.1, 0.15) is 18.1 Å². The molecule has 0 unspecified atom stereocenters. The maximum Gasteiger partial charge on any atom is 0.257 e. The summed E-state index contributed by atoms with van der Waals surface area (Å²) in [6.07, 6.45) is 0. The molecule has 28 heavy (non-hydrogen) atoms. The molecule has 5 nitrogen and oxygen atoms in total. The van der Waals surface area contributed by atoms with Crippen LogP contribution >= 0.6 is 35.4 Å². The number of aliphatic hydroxyl groups excluding tert-OH is 1. The van der Waals surface area contributed by atoms with Gasteiger partial charge in [0.25, 0.3) is 5.91 Å². The largest absolute Gasteiger partial charge is 0.459 e. The number of furan rings is 1. The molecule has 0 radical (unpaired) electrons. The van der Waals surface area contributed by atoms with Crippen LogP contribution in [0.3, 0.4) is 0 Å². The lowest BCUT2D eigenvalue weighted by atomic mass is 10.1. The van der Waals surface area contributed by atoms with Crippen LogP contribution in [0.4, 0.5) is 5.69 Å². The number of aryl methyl sites for hydroxylation is 1. The molecule has 0 aliphatic heterocycles. The van der Waals surface area contributed by atoms with Crippen LogP contribution in [-0.2, 0) is 6.61 Å². The predicted molar refractivity (Wildman–Crippen MR) is 115 cm³/mol. The quantitative estimate of drug-likeness (QED) is 0.493. The van der Waals surface area contributed by atoms with Crippen molar-refractivity contribution in [1.82, 2.24) is 5.32 Å². The third-order valence-electron chi connectivity index (χ3n) is 3.97. The van der Waals surface area contributed by atoms with Gasteiger partial charge >= 0.3 is 0 Å². The van der Waals surface area contributed by atoms with Crippen molar-refractivity contribution >= 4 is 52.1 Å². The fourth-order valence-corrected chi connectivity index (χ4v) is 3.07. The van der Waals surface area contributed by atoms with Crippen molar-refractivity contribution in [1.29, 1.82) is 0 Å². The van der Waals surface area contributed by atoms with Gasteiger partial charge in [-0.1, -0.05) is 29.3 Å². The molecule has 0 fully saturated rings. The minimum absolute atomic E-state index is 0.130. The highest BCUT2D eigenvalue weighted by Gasteiger charge is 2.12. The van der Waals surface area contributed by atoms with Crippen molar-refractivity contribution in [2.24, 2.45) is 0 Å². The first kappa shape index (κ1) is 20.4. The van der Waals surface area contributed by atoms with Gasteiger partial charge in [0.05, 0.1) is 5.02 Å². The van der Waals surface area contributed by atoms with Crippen LogP contribution in [0.15, 0.2) is 52.9 Å². The Morgan fingerprint density at radius 1 is 1.11 bits per heavy atom. The van der Waals surface area contributed by atoms with E-state index in [0.717, 1.165) is 5.56 Å². The van der Waals surface area contributed by atoms with Gasteiger partial charge in [-0.15, -0.1) is 0 Å². The van der Waals surface area contributed by atoms with Crippen LogP contribution < -0.4 is 10.6 Å². The molecule has 3 N–H and O–H groups in total. The molecule has 3 rings (SSSR count). The molecule has 1 heterocycles. The Morgan fingerprint density at radius 3 is 2.57 bits per heavy atom. The maximum atomic E-state index is 12.3. The average Bonchev–Trinajstić information content (AvgIpc) is 3.14. The van der Waals surface area contributed by atoms with Crippen LogP contribution in [0.25, 0.3) is 11.3 Å². The van der Waals surface area contributed by atoms with E-state index in [-0.39, 0.29) is 17.6 Å². The summed E-state index contributed by atoms with van der Waals surface area (Å²) < 4.78 is 5.53. The van der Waals surface area contributed by atoms with Gasteiger partial charge in [0.15, 0.2) is 5.11 Å². The molecular weight excluding hydrogens is 419 g/mol. The van der Waals surface area contributed by atoms with E-state index in [9.17, 15) is 4.79 Å². The topological polar surface area (TPSA) is 74.5 Å². The van der Waals surface area contributed by atoms with Gasteiger partial charge in [-0.25, -0.2) is 0 Å². The van der Waals surface area contributed by atoms with E-state index < -0.39 is 0 Å². The number of rotatable bonds is 4. The van der Waals surface area contributed by atoms with Crippen molar-refractivity contribution in [2.45, 2.75) is 13.5 Å². The Balaban J connectivity index is 1.72. The lowest BCUT2D eigenvalue weighted by Gasteiger charge is -2.11. The second-order valence-electron chi connectivity index (χ2n) is 5.99. The number of carbonyl (C=O) groups is 1. The zero-order valence-electron chi connectivity index (χ0n) is 14.8. The molecule has 0 saturated carbocycles. The minimum atomic E-state index is -0.368. The van der Waals surface area contributed by atoms with Crippen LogP contribution in [-0.4, -0.2) is 16.1 Å². The maximum absolute atomic E-state index is 12.3. The zero-order chi connectivity index (χ0) is 20.3. The van der Waals surface area contributed by atoms with Crippen molar-refractivity contribution in [3.05, 3.63) is 75.5 Å². The van der Waals surface area contributed by atoms with Crippen LogP contribution in [0.1, 0.15) is 21.7 Å². The van der Waals surface area contributed by atoms with E-state index in [4.69, 9.17) is 44.9 Å². The Hall–Kier alpha value is -2.38. The summed E-state index contributed by atoms with van der Waals surface area (Å²) in [5.74, 6) is 0.582. The number of hydrogen-bond acceptors (Lipinski definition) is 4. The van der Waals surface area contributed by atoms with E-state index >= 15 is 0 Å². The van der Waals surface area contributed by atoms with Crippen molar-refractivity contribution in [2.75, 3.05) is 5.32 Å². The zero-order valence-corrected chi connectivity index (χ0v) is 17.1. The molecule has 0 bridgehead atoms. The molecule has 0 spiro atoms. The summed E-state index contributed by atoms with van der Waals surface area (Å²) in [5.41, 5.74) is 2.54. The highest BCUT2D eigenvalue weighted by molar-refractivity contribution is 7.80. The average molecular weight is 435 g/mol. The van der Waals surface area contributed by atoms with Gasteiger partial charge in [0, 0.05) is 21.8 Å². The Morgan fingerprint density at radius 2 is 1.89 bits per heavy atom. The third-order valence-corrected chi connectivity index (χ3v) is 4.91.